The van der Waals surface area contributed by atoms with Gasteiger partial charge in [-0.05, 0) is 6.07 Å². The molecule has 136 valence electrons. The zero-order valence-corrected chi connectivity index (χ0v) is 14.8. The third kappa shape index (κ3) is 2.61. The van der Waals surface area contributed by atoms with E-state index in [1.807, 2.05) is 0 Å². The van der Waals surface area contributed by atoms with Crippen molar-refractivity contribution in [2.24, 2.45) is 0 Å². The van der Waals surface area contributed by atoms with Crippen LogP contribution in [0.3, 0.4) is 0 Å². The minimum Gasteiger partial charge on any atom is -0.497 e. The average Bonchev–Trinajstić information content (AvgIpc) is 2.70. The number of hydrogen-bond donors (Lipinski definition) is 0. The molecule has 2 aromatic carbocycles. The molecule has 1 heterocycles. The van der Waals surface area contributed by atoms with Crippen LogP contribution in [0.15, 0.2) is 53.8 Å². The molecule has 6 heteroatoms. The molecule has 2 aliphatic rings. The molecular weight excluding hydrogens is 348 g/mol. The van der Waals surface area contributed by atoms with E-state index < -0.39 is 17.7 Å². The Balaban J connectivity index is 1.91. The largest absolute Gasteiger partial charge is 0.497 e. The first-order chi connectivity index (χ1) is 13.0. The summed E-state index contributed by atoms with van der Waals surface area (Å²) in [7, 11) is 3.03. The van der Waals surface area contributed by atoms with E-state index >= 15 is 0 Å². The maximum absolute atomic E-state index is 13.1. The molecular formula is C21H16O6. The number of ketones is 2. The van der Waals surface area contributed by atoms with Gasteiger partial charge in [-0.1, -0.05) is 30.3 Å². The van der Waals surface area contributed by atoms with Crippen LogP contribution in [-0.4, -0.2) is 31.8 Å². The van der Waals surface area contributed by atoms with Crippen molar-refractivity contribution in [3.05, 3.63) is 70.5 Å². The summed E-state index contributed by atoms with van der Waals surface area (Å²) in [4.78, 5) is 38.2. The number of hydrogen-bond acceptors (Lipinski definition) is 6. The molecule has 0 fully saturated rings. The smallest absolute Gasteiger partial charge is 0.312 e. The van der Waals surface area contributed by atoms with Gasteiger partial charge in [-0.25, -0.2) is 0 Å². The van der Waals surface area contributed by atoms with Crippen molar-refractivity contribution in [2.75, 3.05) is 14.2 Å². The molecule has 1 aliphatic heterocycles. The van der Waals surface area contributed by atoms with E-state index in [2.05, 4.69) is 0 Å². The summed E-state index contributed by atoms with van der Waals surface area (Å²) in [6, 6.07) is 11.7. The quantitative estimate of drug-likeness (QED) is 0.779. The minimum atomic E-state index is -0.632. The average molecular weight is 364 g/mol. The van der Waals surface area contributed by atoms with Crippen molar-refractivity contribution in [2.45, 2.75) is 12.3 Å². The zero-order valence-electron chi connectivity index (χ0n) is 14.8. The summed E-state index contributed by atoms with van der Waals surface area (Å²) < 4.78 is 15.8. The molecule has 6 nitrogen and oxygen atoms in total. The topological polar surface area (TPSA) is 78.9 Å². The van der Waals surface area contributed by atoms with Gasteiger partial charge in [0, 0.05) is 28.7 Å². The van der Waals surface area contributed by atoms with Crippen LogP contribution in [0, 0.1) is 0 Å². The van der Waals surface area contributed by atoms with E-state index in [1.54, 1.807) is 42.5 Å². The summed E-state index contributed by atoms with van der Waals surface area (Å²) in [6.45, 7) is 0. The maximum atomic E-state index is 13.1. The first-order valence-corrected chi connectivity index (χ1v) is 8.40. The molecule has 0 aromatic heterocycles. The van der Waals surface area contributed by atoms with E-state index in [-0.39, 0.29) is 29.1 Å². The second-order valence-electron chi connectivity index (χ2n) is 6.29. The highest BCUT2D eigenvalue weighted by Crippen LogP contribution is 2.44. The normalized spacial score (nSPS) is 18.6. The van der Waals surface area contributed by atoms with E-state index in [0.717, 1.165) is 0 Å². The zero-order chi connectivity index (χ0) is 19.1. The third-order valence-corrected chi connectivity index (χ3v) is 4.86. The first kappa shape index (κ1) is 17.0. The Bertz CT molecular complexity index is 1020. The predicted molar refractivity (Wildman–Crippen MR) is 95.1 cm³/mol. The molecule has 0 amide bonds. The molecule has 2 aromatic rings. The number of carbonyl (C=O) groups is 3. The Morgan fingerprint density at radius 1 is 0.926 bits per heavy atom. The SMILES string of the molecule is COc1ccc([C@@H]2CC(=O)OC3=C2C(=O)c2ccccc2C3=O)c(OC)c1. The molecule has 0 unspecified atom stereocenters. The number of allylic oxidation sites excluding steroid dienone is 2. The molecule has 0 spiro atoms. The van der Waals surface area contributed by atoms with Crippen molar-refractivity contribution in [3.8, 4) is 11.5 Å². The molecule has 0 N–H and O–H groups in total. The van der Waals surface area contributed by atoms with E-state index in [1.165, 1.54) is 14.2 Å². The number of rotatable bonds is 3. The van der Waals surface area contributed by atoms with Crippen molar-refractivity contribution in [3.63, 3.8) is 0 Å². The molecule has 0 radical (unpaired) electrons. The Morgan fingerprint density at radius 3 is 2.30 bits per heavy atom. The lowest BCUT2D eigenvalue weighted by Gasteiger charge is -2.30. The number of carbonyl (C=O) groups excluding carboxylic acids is 3. The molecule has 0 bridgehead atoms. The number of esters is 1. The van der Waals surface area contributed by atoms with E-state index in [9.17, 15) is 14.4 Å². The van der Waals surface area contributed by atoms with E-state index in [4.69, 9.17) is 14.2 Å². The van der Waals surface area contributed by atoms with Crippen LogP contribution < -0.4 is 9.47 Å². The summed E-state index contributed by atoms with van der Waals surface area (Å²) >= 11 is 0. The van der Waals surface area contributed by atoms with Gasteiger partial charge in [-0.3, -0.25) is 14.4 Å². The minimum absolute atomic E-state index is 0.0529. The molecule has 0 saturated carbocycles. The van der Waals surface area contributed by atoms with Crippen LogP contribution in [0.5, 0.6) is 11.5 Å². The fourth-order valence-corrected chi connectivity index (χ4v) is 3.59. The summed E-state index contributed by atoms with van der Waals surface area (Å²) in [5.41, 5.74) is 1.39. The number of Topliss-reactive ketones (excluding diaryl/α,β-unsaturated/α-hetero) is 2. The van der Waals surface area contributed by atoms with Gasteiger partial charge in [-0.15, -0.1) is 0 Å². The number of fused-ring (bicyclic) bond motifs is 1. The van der Waals surface area contributed by atoms with Crippen molar-refractivity contribution in [1.29, 1.82) is 0 Å². The Labute approximate surface area is 155 Å². The fourth-order valence-electron chi connectivity index (χ4n) is 3.59. The van der Waals surface area contributed by atoms with Crippen molar-refractivity contribution in [1.82, 2.24) is 0 Å². The van der Waals surface area contributed by atoms with Gasteiger partial charge in [0.25, 0.3) is 0 Å². The van der Waals surface area contributed by atoms with Crippen molar-refractivity contribution < 1.29 is 28.6 Å². The number of benzene rings is 2. The van der Waals surface area contributed by atoms with Gasteiger partial charge >= 0.3 is 5.97 Å². The Kier molecular flexibility index (Phi) is 4.03. The third-order valence-electron chi connectivity index (χ3n) is 4.86. The molecule has 0 saturated heterocycles. The van der Waals surface area contributed by atoms with Gasteiger partial charge in [-0.2, -0.15) is 0 Å². The highest BCUT2D eigenvalue weighted by molar-refractivity contribution is 6.27. The lowest BCUT2D eigenvalue weighted by molar-refractivity contribution is -0.140. The lowest BCUT2D eigenvalue weighted by Crippen LogP contribution is -2.33. The standard InChI is InChI=1S/C21H16O6/c1-25-11-7-8-12(16(9-11)26-2)15-10-17(22)27-21-18(15)19(23)13-5-3-4-6-14(13)20(21)24/h3-9,15H,10H2,1-2H3/t15-/m0/s1. The fraction of sp³-hybridized carbons (Fsp3) is 0.190. The van der Waals surface area contributed by atoms with Crippen LogP contribution in [0.4, 0.5) is 0 Å². The molecule has 4 rings (SSSR count). The maximum Gasteiger partial charge on any atom is 0.312 e. The molecule has 1 atom stereocenters. The number of ether oxygens (including phenoxy) is 3. The van der Waals surface area contributed by atoms with Gasteiger partial charge in [0.05, 0.1) is 26.2 Å². The Morgan fingerprint density at radius 2 is 1.63 bits per heavy atom. The summed E-state index contributed by atoms with van der Waals surface area (Å²) in [6.07, 6.45) is -0.0529. The molecule has 27 heavy (non-hydrogen) atoms. The highest BCUT2D eigenvalue weighted by atomic mass is 16.5. The van der Waals surface area contributed by atoms with Gasteiger partial charge in [0.1, 0.15) is 11.5 Å². The summed E-state index contributed by atoms with van der Waals surface area (Å²) in [5.74, 6) is -1.08. The second-order valence-corrected chi connectivity index (χ2v) is 6.29. The summed E-state index contributed by atoms with van der Waals surface area (Å²) in [5, 5.41) is 0. The van der Waals surface area contributed by atoms with Crippen LogP contribution >= 0.6 is 0 Å². The van der Waals surface area contributed by atoms with Crippen LogP contribution in [0.2, 0.25) is 0 Å². The van der Waals surface area contributed by atoms with Gasteiger partial charge in [0.2, 0.25) is 5.78 Å². The van der Waals surface area contributed by atoms with Crippen LogP contribution in [0.1, 0.15) is 38.6 Å². The monoisotopic (exact) mass is 364 g/mol. The first-order valence-electron chi connectivity index (χ1n) is 8.40. The molecule has 1 aliphatic carbocycles. The Hall–Kier alpha value is -3.41. The van der Waals surface area contributed by atoms with Gasteiger partial charge in [0.15, 0.2) is 11.5 Å². The van der Waals surface area contributed by atoms with E-state index in [0.29, 0.717) is 22.6 Å². The van der Waals surface area contributed by atoms with Crippen molar-refractivity contribution >= 4 is 17.5 Å². The lowest BCUT2D eigenvalue weighted by atomic mass is 9.76. The van der Waals surface area contributed by atoms with Crippen LogP contribution in [0.25, 0.3) is 0 Å². The number of methoxy groups -OCH3 is 2. The van der Waals surface area contributed by atoms with Crippen LogP contribution in [-0.2, 0) is 9.53 Å². The predicted octanol–water partition coefficient (Wildman–Crippen LogP) is 3.07. The second kappa shape index (κ2) is 6.39. The van der Waals surface area contributed by atoms with Gasteiger partial charge < -0.3 is 14.2 Å². The highest BCUT2D eigenvalue weighted by Gasteiger charge is 2.43.